The maximum Gasteiger partial charge on any atom is 0.270 e. The highest BCUT2D eigenvalue weighted by atomic mass is 16.6. The second kappa shape index (κ2) is 6.47. The van der Waals surface area contributed by atoms with Crippen LogP contribution in [-0.2, 0) is 0 Å². The van der Waals surface area contributed by atoms with Crippen molar-refractivity contribution < 1.29 is 9.72 Å². The number of nitrogens with zero attached hydrogens (tertiary/aromatic N) is 1. The molecular weight excluding hydrogens is 258 g/mol. The molecule has 0 saturated carbocycles. The predicted octanol–water partition coefficient (Wildman–Crippen LogP) is 1.78. The third-order valence-electron chi connectivity index (χ3n) is 3.42. The summed E-state index contributed by atoms with van der Waals surface area (Å²) in [6.07, 6.45) is 3.13. The molecule has 2 rings (SSSR count). The summed E-state index contributed by atoms with van der Waals surface area (Å²) in [4.78, 5) is 22.5. The zero-order valence-corrected chi connectivity index (χ0v) is 11.5. The minimum Gasteiger partial charge on any atom is -0.348 e. The van der Waals surface area contributed by atoms with Crippen molar-refractivity contribution >= 4 is 11.6 Å². The molecule has 108 valence electrons. The fraction of sp³-hybridized carbons (Fsp3) is 0.500. The maximum atomic E-state index is 12.2. The van der Waals surface area contributed by atoms with E-state index in [1.807, 2.05) is 0 Å². The Labute approximate surface area is 117 Å². The van der Waals surface area contributed by atoms with Crippen molar-refractivity contribution in [2.24, 2.45) is 0 Å². The Kier molecular flexibility index (Phi) is 4.68. The molecule has 1 aromatic carbocycles. The molecule has 6 nitrogen and oxygen atoms in total. The van der Waals surface area contributed by atoms with Gasteiger partial charge in [0.1, 0.15) is 0 Å². The minimum absolute atomic E-state index is 0.0471. The molecule has 1 amide bonds. The quantitative estimate of drug-likeness (QED) is 0.651. The van der Waals surface area contributed by atoms with E-state index in [1.54, 1.807) is 13.0 Å². The van der Waals surface area contributed by atoms with Crippen LogP contribution in [0.5, 0.6) is 0 Å². The molecule has 0 aromatic heterocycles. The van der Waals surface area contributed by atoms with E-state index in [2.05, 4.69) is 10.6 Å². The molecule has 0 aliphatic carbocycles. The molecule has 1 heterocycles. The number of carbonyl (C=O) groups is 1. The maximum absolute atomic E-state index is 12.2. The first-order valence-electron chi connectivity index (χ1n) is 6.84. The predicted molar refractivity (Wildman–Crippen MR) is 75.8 cm³/mol. The highest BCUT2D eigenvalue weighted by Gasteiger charge is 2.18. The number of nitro benzene ring substituents is 1. The van der Waals surface area contributed by atoms with Crippen LogP contribution in [0, 0.1) is 17.0 Å². The molecule has 1 aliphatic rings. The minimum atomic E-state index is -0.475. The van der Waals surface area contributed by atoms with E-state index >= 15 is 0 Å². The second-order valence-corrected chi connectivity index (χ2v) is 5.18. The summed E-state index contributed by atoms with van der Waals surface area (Å²) in [5.41, 5.74) is 1.01. The first kappa shape index (κ1) is 14.5. The van der Waals surface area contributed by atoms with Crippen molar-refractivity contribution in [2.45, 2.75) is 32.2 Å². The van der Waals surface area contributed by atoms with Crippen molar-refractivity contribution in [3.63, 3.8) is 0 Å². The highest BCUT2D eigenvalue weighted by molar-refractivity contribution is 5.95. The molecule has 1 aromatic rings. The fourth-order valence-corrected chi connectivity index (χ4v) is 2.41. The van der Waals surface area contributed by atoms with Crippen LogP contribution in [-0.4, -0.2) is 30.0 Å². The molecule has 0 radical (unpaired) electrons. The fourth-order valence-electron chi connectivity index (χ4n) is 2.41. The molecule has 1 atom stereocenters. The van der Waals surface area contributed by atoms with Gasteiger partial charge in [0.2, 0.25) is 0 Å². The van der Waals surface area contributed by atoms with Gasteiger partial charge in [-0.2, -0.15) is 0 Å². The SMILES string of the molecule is Cc1cc(C(=O)NC2CCCCNC2)cc([N+](=O)[O-])c1. The van der Waals surface area contributed by atoms with Crippen LogP contribution >= 0.6 is 0 Å². The number of non-ortho nitro benzene ring substituents is 1. The number of aryl methyl sites for hydroxylation is 1. The standard InChI is InChI=1S/C14H19N3O3/c1-10-6-11(8-13(7-10)17(19)20)14(18)16-12-4-2-3-5-15-9-12/h6-8,12,15H,2-5,9H2,1H3,(H,16,18). The smallest absolute Gasteiger partial charge is 0.270 e. The van der Waals surface area contributed by atoms with Gasteiger partial charge in [-0.25, -0.2) is 0 Å². The Hall–Kier alpha value is -1.95. The van der Waals surface area contributed by atoms with Crippen molar-refractivity contribution in [2.75, 3.05) is 13.1 Å². The van der Waals surface area contributed by atoms with Crippen LogP contribution in [0.2, 0.25) is 0 Å². The summed E-state index contributed by atoms with van der Waals surface area (Å²) in [5.74, 6) is -0.245. The molecule has 0 bridgehead atoms. The average molecular weight is 277 g/mol. The van der Waals surface area contributed by atoms with Gasteiger partial charge in [-0.15, -0.1) is 0 Å². The van der Waals surface area contributed by atoms with Gasteiger partial charge in [0.15, 0.2) is 0 Å². The van der Waals surface area contributed by atoms with E-state index in [-0.39, 0.29) is 17.6 Å². The van der Waals surface area contributed by atoms with Gasteiger partial charge in [0.05, 0.1) is 4.92 Å². The first-order chi connectivity index (χ1) is 9.56. The molecule has 6 heteroatoms. The summed E-state index contributed by atoms with van der Waals surface area (Å²) in [5, 5.41) is 17.0. The van der Waals surface area contributed by atoms with Crippen molar-refractivity contribution in [3.05, 3.63) is 39.4 Å². The first-order valence-corrected chi connectivity index (χ1v) is 6.84. The molecule has 2 N–H and O–H groups in total. The molecule has 1 fully saturated rings. The third-order valence-corrected chi connectivity index (χ3v) is 3.42. The van der Waals surface area contributed by atoms with Gasteiger partial charge in [-0.05, 0) is 37.9 Å². The molecule has 1 aliphatic heterocycles. The third kappa shape index (κ3) is 3.77. The summed E-state index contributed by atoms with van der Waals surface area (Å²) in [6.45, 7) is 3.47. The number of benzene rings is 1. The summed E-state index contributed by atoms with van der Waals surface area (Å²) in [7, 11) is 0. The van der Waals surface area contributed by atoms with Crippen LogP contribution in [0.4, 0.5) is 5.69 Å². The zero-order valence-electron chi connectivity index (χ0n) is 11.5. The van der Waals surface area contributed by atoms with Crippen LogP contribution in [0.3, 0.4) is 0 Å². The van der Waals surface area contributed by atoms with E-state index in [0.29, 0.717) is 11.1 Å². The largest absolute Gasteiger partial charge is 0.348 e. The lowest BCUT2D eigenvalue weighted by Crippen LogP contribution is -2.40. The van der Waals surface area contributed by atoms with Gasteiger partial charge < -0.3 is 10.6 Å². The van der Waals surface area contributed by atoms with E-state index < -0.39 is 4.92 Å². The van der Waals surface area contributed by atoms with Gasteiger partial charge >= 0.3 is 0 Å². The number of rotatable bonds is 3. The van der Waals surface area contributed by atoms with Gasteiger partial charge in [0.25, 0.3) is 11.6 Å². The Morgan fingerprint density at radius 3 is 2.95 bits per heavy atom. The molecule has 0 spiro atoms. The number of hydrogen-bond acceptors (Lipinski definition) is 4. The Morgan fingerprint density at radius 2 is 2.20 bits per heavy atom. The van der Waals surface area contributed by atoms with E-state index in [4.69, 9.17) is 0 Å². The summed E-state index contributed by atoms with van der Waals surface area (Å²) >= 11 is 0. The Balaban J connectivity index is 2.10. The summed E-state index contributed by atoms with van der Waals surface area (Å²) < 4.78 is 0. The normalized spacial score (nSPS) is 19.1. The number of amides is 1. The second-order valence-electron chi connectivity index (χ2n) is 5.18. The van der Waals surface area contributed by atoms with E-state index in [0.717, 1.165) is 32.4 Å². The van der Waals surface area contributed by atoms with Crippen LogP contribution < -0.4 is 10.6 Å². The Morgan fingerprint density at radius 1 is 1.40 bits per heavy atom. The van der Waals surface area contributed by atoms with Crippen LogP contribution in [0.25, 0.3) is 0 Å². The number of nitrogens with one attached hydrogen (secondary N) is 2. The molecule has 1 saturated heterocycles. The van der Waals surface area contributed by atoms with Crippen molar-refractivity contribution in [3.8, 4) is 0 Å². The summed E-state index contributed by atoms with van der Waals surface area (Å²) in [6, 6.07) is 4.55. The van der Waals surface area contributed by atoms with Crippen molar-refractivity contribution in [1.29, 1.82) is 0 Å². The van der Waals surface area contributed by atoms with Gasteiger partial charge in [-0.3, -0.25) is 14.9 Å². The van der Waals surface area contributed by atoms with E-state index in [1.165, 1.54) is 12.1 Å². The lowest BCUT2D eigenvalue weighted by Gasteiger charge is -2.16. The number of nitro groups is 1. The topological polar surface area (TPSA) is 84.3 Å². The average Bonchev–Trinajstić information content (AvgIpc) is 2.66. The Bertz CT molecular complexity index is 508. The molecular formula is C14H19N3O3. The van der Waals surface area contributed by atoms with Crippen LogP contribution in [0.15, 0.2) is 18.2 Å². The molecule has 20 heavy (non-hydrogen) atoms. The van der Waals surface area contributed by atoms with E-state index in [9.17, 15) is 14.9 Å². The molecule has 1 unspecified atom stereocenters. The number of carbonyl (C=O) groups excluding carboxylic acids is 1. The number of hydrogen-bond donors (Lipinski definition) is 2. The van der Waals surface area contributed by atoms with Gasteiger partial charge in [-0.1, -0.05) is 6.42 Å². The monoisotopic (exact) mass is 277 g/mol. The lowest BCUT2D eigenvalue weighted by molar-refractivity contribution is -0.384. The van der Waals surface area contributed by atoms with Crippen LogP contribution in [0.1, 0.15) is 35.2 Å². The lowest BCUT2D eigenvalue weighted by atomic mass is 10.1. The van der Waals surface area contributed by atoms with Gasteiger partial charge in [0, 0.05) is 30.3 Å². The zero-order chi connectivity index (χ0) is 14.5. The highest BCUT2D eigenvalue weighted by Crippen LogP contribution is 2.17. The van der Waals surface area contributed by atoms with Crippen molar-refractivity contribution in [1.82, 2.24) is 10.6 Å².